The van der Waals surface area contributed by atoms with Crippen LogP contribution in [0.4, 0.5) is 22.9 Å². The number of aromatic hydroxyl groups is 1. The summed E-state index contributed by atoms with van der Waals surface area (Å²) in [7, 11) is 0. The van der Waals surface area contributed by atoms with Gasteiger partial charge in [-0.3, -0.25) is 10.1 Å². The predicted molar refractivity (Wildman–Crippen MR) is 139 cm³/mol. The van der Waals surface area contributed by atoms with Crippen LogP contribution in [-0.4, -0.2) is 29.8 Å². The third-order valence-electron chi connectivity index (χ3n) is 5.35. The average Bonchev–Trinajstić information content (AvgIpc) is 3.31. The van der Waals surface area contributed by atoms with E-state index in [-0.39, 0.29) is 17.3 Å². The number of nitrogens with one attached hydrogen (secondary N) is 1. The summed E-state index contributed by atoms with van der Waals surface area (Å²) in [6, 6.07) is 19.2. The van der Waals surface area contributed by atoms with Gasteiger partial charge in [-0.25, -0.2) is 9.97 Å². The van der Waals surface area contributed by atoms with Gasteiger partial charge in [0.2, 0.25) is 0 Å². The molecular weight excluding hydrogens is 474 g/mol. The smallest absolute Gasteiger partial charge is 0.271 e. The van der Waals surface area contributed by atoms with Crippen LogP contribution in [0.2, 0.25) is 0 Å². The van der Waals surface area contributed by atoms with Crippen molar-refractivity contribution in [2.75, 3.05) is 16.8 Å². The second-order valence-electron chi connectivity index (χ2n) is 7.70. The molecule has 2 aromatic heterocycles. The summed E-state index contributed by atoms with van der Waals surface area (Å²) in [4.78, 5) is 18.3. The van der Waals surface area contributed by atoms with Crippen molar-refractivity contribution in [3.8, 4) is 17.8 Å². The number of hydrogen-bond donors (Lipinski definition) is 4. The summed E-state index contributed by atoms with van der Waals surface area (Å²) in [6.45, 7) is 0.308. The van der Waals surface area contributed by atoms with Crippen LogP contribution < -0.4 is 16.8 Å². The number of anilines is 3. The van der Waals surface area contributed by atoms with Crippen molar-refractivity contribution in [2.24, 2.45) is 0 Å². The second-order valence-corrected chi connectivity index (χ2v) is 7.70. The van der Waals surface area contributed by atoms with Crippen LogP contribution in [0, 0.1) is 21.4 Å². The molecule has 5 rings (SSSR count). The zero-order valence-corrected chi connectivity index (χ0v) is 19.3. The first kappa shape index (κ1) is 24.4. The van der Waals surface area contributed by atoms with E-state index in [4.69, 9.17) is 16.7 Å². The van der Waals surface area contributed by atoms with Crippen LogP contribution in [-0.2, 0) is 6.54 Å². The van der Waals surface area contributed by atoms with Crippen molar-refractivity contribution < 1.29 is 10.0 Å². The number of phenolic OH excluding ortho intramolecular Hbond substituents is 1. The van der Waals surface area contributed by atoms with E-state index in [1.54, 1.807) is 30.6 Å². The molecule has 0 saturated carbocycles. The molecule has 0 aliphatic rings. The fraction of sp³-hybridized carbons (Fsp3) is 0.0400. The normalized spacial score (nSPS) is 10.2. The Kier molecular flexibility index (Phi) is 7.07. The molecule has 0 radical (unpaired) electrons. The van der Waals surface area contributed by atoms with E-state index >= 15 is 0 Å². The van der Waals surface area contributed by atoms with E-state index in [0.717, 1.165) is 10.8 Å². The van der Waals surface area contributed by atoms with Gasteiger partial charge in [-0.05, 0) is 23.6 Å². The Hall–Kier alpha value is -5.70. The number of nitro groups is 1. The topological polar surface area (TPSA) is 195 Å². The van der Waals surface area contributed by atoms with E-state index in [9.17, 15) is 15.2 Å². The molecule has 12 heteroatoms. The maximum atomic E-state index is 10.8. The minimum atomic E-state index is -0.448. The van der Waals surface area contributed by atoms with E-state index in [0.29, 0.717) is 35.0 Å². The molecule has 0 unspecified atom stereocenters. The molecule has 184 valence electrons. The van der Waals surface area contributed by atoms with Gasteiger partial charge in [-0.1, -0.05) is 30.3 Å². The Labute approximate surface area is 210 Å². The molecule has 37 heavy (non-hydrogen) atoms. The third kappa shape index (κ3) is 5.36. The maximum Gasteiger partial charge on any atom is 0.271 e. The maximum absolute atomic E-state index is 10.8. The van der Waals surface area contributed by atoms with E-state index < -0.39 is 4.92 Å². The van der Waals surface area contributed by atoms with Crippen molar-refractivity contribution in [1.29, 1.82) is 5.26 Å². The van der Waals surface area contributed by atoms with Crippen molar-refractivity contribution in [2.45, 2.75) is 6.54 Å². The lowest BCUT2D eigenvalue weighted by Crippen LogP contribution is -2.06. The molecule has 0 spiro atoms. The zero-order valence-electron chi connectivity index (χ0n) is 19.3. The number of hydrogen-bond acceptors (Lipinski definition) is 10. The van der Waals surface area contributed by atoms with Gasteiger partial charge >= 0.3 is 0 Å². The molecule has 0 bridgehead atoms. The summed E-state index contributed by atoms with van der Waals surface area (Å²) in [5, 5.41) is 38.4. The first-order valence-corrected chi connectivity index (χ1v) is 10.9. The number of nitriles is 1. The molecule has 0 aliphatic heterocycles. The molecule has 0 amide bonds. The van der Waals surface area contributed by atoms with Crippen molar-refractivity contribution in [3.05, 3.63) is 100 Å². The van der Waals surface area contributed by atoms with Crippen LogP contribution in [0.5, 0.6) is 5.75 Å². The van der Waals surface area contributed by atoms with Crippen LogP contribution in [0.25, 0.3) is 16.7 Å². The highest BCUT2D eigenvalue weighted by Gasteiger charge is 2.11. The van der Waals surface area contributed by atoms with Gasteiger partial charge < -0.3 is 21.9 Å². The van der Waals surface area contributed by atoms with Gasteiger partial charge in [0.15, 0.2) is 0 Å². The number of aromatic nitrogens is 4. The average molecular weight is 496 g/mol. The Morgan fingerprint density at radius 1 is 1.08 bits per heavy atom. The Bertz CT molecular complexity index is 1610. The molecule has 0 aliphatic carbocycles. The molecule has 0 saturated heterocycles. The van der Waals surface area contributed by atoms with Gasteiger partial charge in [0.05, 0.1) is 16.8 Å². The van der Waals surface area contributed by atoms with Crippen LogP contribution in [0.3, 0.4) is 0 Å². The number of benzene rings is 3. The molecule has 3 aromatic carbocycles. The van der Waals surface area contributed by atoms with Gasteiger partial charge in [-0.15, -0.1) is 0 Å². The number of nitrogens with zero attached hydrogens (tertiary/aromatic N) is 6. The van der Waals surface area contributed by atoms with Crippen molar-refractivity contribution >= 4 is 33.7 Å². The highest BCUT2D eigenvalue weighted by Crippen LogP contribution is 2.34. The van der Waals surface area contributed by atoms with E-state index in [2.05, 4.69) is 20.4 Å². The summed E-state index contributed by atoms with van der Waals surface area (Å²) in [5.74, 6) is 0.631. The SMILES string of the molecule is N#Cc1cnn(-c2ncccn2)c1N.Nc1c(O)c(CNc2cccc([N+](=O)[O-])c2)cc2ccccc12. The van der Waals surface area contributed by atoms with Crippen molar-refractivity contribution in [1.82, 2.24) is 19.7 Å². The number of fused-ring (bicyclic) bond motifs is 1. The lowest BCUT2D eigenvalue weighted by Gasteiger charge is -2.12. The summed E-state index contributed by atoms with van der Waals surface area (Å²) < 4.78 is 1.32. The molecular formula is C25H21N9O3. The Morgan fingerprint density at radius 2 is 1.84 bits per heavy atom. The lowest BCUT2D eigenvalue weighted by atomic mass is 10.0. The highest BCUT2D eigenvalue weighted by molar-refractivity contribution is 5.96. The number of phenols is 1. The van der Waals surface area contributed by atoms with E-state index in [1.807, 2.05) is 36.4 Å². The fourth-order valence-electron chi connectivity index (χ4n) is 3.49. The summed E-state index contributed by atoms with van der Waals surface area (Å²) in [5.41, 5.74) is 13.5. The number of nitro benzene ring substituents is 1. The largest absolute Gasteiger partial charge is 0.505 e. The molecule has 5 aromatic rings. The van der Waals surface area contributed by atoms with Crippen LogP contribution >= 0.6 is 0 Å². The molecule has 6 N–H and O–H groups in total. The van der Waals surface area contributed by atoms with Gasteiger partial charge in [0.25, 0.3) is 11.6 Å². The lowest BCUT2D eigenvalue weighted by molar-refractivity contribution is -0.384. The number of non-ortho nitro benzene ring substituents is 1. The Morgan fingerprint density at radius 3 is 2.54 bits per heavy atom. The van der Waals surface area contributed by atoms with E-state index in [1.165, 1.54) is 23.0 Å². The second kappa shape index (κ2) is 10.7. The van der Waals surface area contributed by atoms with Gasteiger partial charge in [0, 0.05) is 47.7 Å². The number of nitrogen functional groups attached to an aromatic ring is 2. The monoisotopic (exact) mass is 495 g/mol. The molecule has 0 atom stereocenters. The quantitative estimate of drug-likeness (QED) is 0.121. The fourth-order valence-corrected chi connectivity index (χ4v) is 3.49. The highest BCUT2D eigenvalue weighted by atomic mass is 16.6. The molecule has 0 fully saturated rings. The minimum Gasteiger partial charge on any atom is -0.505 e. The summed E-state index contributed by atoms with van der Waals surface area (Å²) >= 11 is 0. The minimum absolute atomic E-state index is 0.0113. The Balaban J connectivity index is 0.000000195. The van der Waals surface area contributed by atoms with Crippen LogP contribution in [0.15, 0.2) is 79.3 Å². The van der Waals surface area contributed by atoms with Crippen molar-refractivity contribution in [3.63, 3.8) is 0 Å². The molecule has 2 heterocycles. The van der Waals surface area contributed by atoms with Gasteiger partial charge in [0.1, 0.15) is 23.2 Å². The molecule has 12 nitrogen and oxygen atoms in total. The number of nitrogens with two attached hydrogens (primary N) is 2. The van der Waals surface area contributed by atoms with Gasteiger partial charge in [-0.2, -0.15) is 15.0 Å². The van der Waals surface area contributed by atoms with Crippen LogP contribution in [0.1, 0.15) is 11.1 Å². The predicted octanol–water partition coefficient (Wildman–Crippen LogP) is 3.76. The number of rotatable bonds is 5. The summed E-state index contributed by atoms with van der Waals surface area (Å²) in [6.07, 6.45) is 4.54. The zero-order chi connectivity index (χ0) is 26.4. The first-order chi connectivity index (χ1) is 17.9. The standard InChI is InChI=1S/C17H15N3O3.C8H6N6/c18-16-15-7-2-1-4-11(15)8-12(17(16)21)10-19-13-5-3-6-14(9-13)20(22)23;9-4-6-5-13-14(7(6)10)8-11-2-1-3-12-8/h1-9,19,21H,10,18H2;1-3,5H,10H2. The first-order valence-electron chi connectivity index (χ1n) is 10.9. The third-order valence-corrected chi connectivity index (χ3v) is 5.35.